The van der Waals surface area contributed by atoms with Gasteiger partial charge in [-0.3, -0.25) is 9.89 Å². The summed E-state index contributed by atoms with van der Waals surface area (Å²) in [6.45, 7) is 5.67. The van der Waals surface area contributed by atoms with Crippen LogP contribution in [-0.4, -0.2) is 31.0 Å². The fourth-order valence-corrected chi connectivity index (χ4v) is 3.78. The summed E-state index contributed by atoms with van der Waals surface area (Å²) in [4.78, 5) is 6.77. The number of halogens is 2. The normalized spacial score (nSPS) is 20.9. The first-order valence-electron chi connectivity index (χ1n) is 9.14. The van der Waals surface area contributed by atoms with Gasteiger partial charge >= 0.3 is 0 Å². The Morgan fingerprint density at radius 1 is 1.26 bits per heavy atom. The number of hydrogen-bond donors (Lipinski definition) is 2. The van der Waals surface area contributed by atoms with E-state index in [4.69, 9.17) is 17.3 Å². The molecule has 4 nitrogen and oxygen atoms in total. The first kappa shape index (κ1) is 19.6. The second-order valence-corrected chi connectivity index (χ2v) is 7.70. The highest BCUT2D eigenvalue weighted by atomic mass is 35.5. The highest BCUT2D eigenvalue weighted by molar-refractivity contribution is 6.30. The van der Waals surface area contributed by atoms with Crippen molar-refractivity contribution in [2.45, 2.75) is 26.3 Å². The number of nitrogens with one attached hydrogen (secondary N) is 1. The van der Waals surface area contributed by atoms with Crippen molar-refractivity contribution in [1.29, 1.82) is 0 Å². The molecule has 0 bridgehead atoms. The van der Waals surface area contributed by atoms with Gasteiger partial charge in [-0.05, 0) is 80.7 Å². The van der Waals surface area contributed by atoms with Crippen molar-refractivity contribution in [2.75, 3.05) is 25.5 Å². The molecule has 3 N–H and O–H groups in total. The lowest BCUT2D eigenvalue weighted by molar-refractivity contribution is 0.279. The molecule has 1 saturated heterocycles. The van der Waals surface area contributed by atoms with E-state index in [0.717, 1.165) is 24.2 Å². The summed E-state index contributed by atoms with van der Waals surface area (Å²) < 4.78 is 13.9. The van der Waals surface area contributed by atoms with Crippen molar-refractivity contribution in [2.24, 2.45) is 16.6 Å². The standard InChI is InChI=1S/C21H26ClFN4/c1-13-4-6-17(10-14(13)2)26-21(24)25-12-16-8-9-27(3)20(16)15-5-7-18(22)19(23)11-15/h4-7,10-11,16,20H,8-9,12H2,1-3H3,(H3,24,25,26). The van der Waals surface area contributed by atoms with Crippen molar-refractivity contribution in [3.8, 4) is 0 Å². The molecule has 1 aliphatic heterocycles. The van der Waals surface area contributed by atoms with Crippen molar-refractivity contribution in [3.05, 3.63) is 63.9 Å². The number of benzene rings is 2. The smallest absolute Gasteiger partial charge is 0.193 e. The maximum atomic E-state index is 13.9. The zero-order valence-corrected chi connectivity index (χ0v) is 16.7. The van der Waals surface area contributed by atoms with Crippen LogP contribution in [0.1, 0.15) is 29.2 Å². The number of guanidine groups is 1. The van der Waals surface area contributed by atoms with Crippen LogP contribution in [0.15, 0.2) is 41.4 Å². The fraction of sp³-hybridized carbons (Fsp3) is 0.381. The predicted octanol–water partition coefficient (Wildman–Crippen LogP) is 4.52. The van der Waals surface area contributed by atoms with Gasteiger partial charge in [-0.15, -0.1) is 0 Å². The maximum Gasteiger partial charge on any atom is 0.193 e. The second kappa shape index (κ2) is 8.28. The molecule has 6 heteroatoms. The Labute approximate surface area is 165 Å². The molecule has 1 aliphatic rings. The highest BCUT2D eigenvalue weighted by Crippen LogP contribution is 2.37. The number of rotatable bonds is 4. The number of hydrogen-bond acceptors (Lipinski definition) is 2. The van der Waals surface area contributed by atoms with E-state index < -0.39 is 0 Å². The summed E-state index contributed by atoms with van der Waals surface area (Å²) >= 11 is 5.83. The number of nitrogens with two attached hydrogens (primary N) is 1. The van der Waals surface area contributed by atoms with E-state index >= 15 is 0 Å². The Morgan fingerprint density at radius 3 is 2.74 bits per heavy atom. The van der Waals surface area contributed by atoms with Crippen LogP contribution in [0, 0.1) is 25.6 Å². The Morgan fingerprint density at radius 2 is 2.04 bits per heavy atom. The van der Waals surface area contributed by atoms with E-state index in [1.54, 1.807) is 6.07 Å². The zero-order chi connectivity index (χ0) is 19.6. The van der Waals surface area contributed by atoms with Crippen LogP contribution in [0.5, 0.6) is 0 Å². The van der Waals surface area contributed by atoms with Gasteiger partial charge in [0.15, 0.2) is 5.96 Å². The van der Waals surface area contributed by atoms with Crippen molar-refractivity contribution < 1.29 is 4.39 Å². The van der Waals surface area contributed by atoms with Crippen LogP contribution in [-0.2, 0) is 0 Å². The van der Waals surface area contributed by atoms with Crippen LogP contribution in [0.3, 0.4) is 0 Å². The van der Waals surface area contributed by atoms with Gasteiger partial charge < -0.3 is 11.1 Å². The van der Waals surface area contributed by atoms with E-state index in [0.29, 0.717) is 12.5 Å². The van der Waals surface area contributed by atoms with Crippen molar-refractivity contribution in [1.82, 2.24) is 4.90 Å². The number of nitrogens with zero attached hydrogens (tertiary/aromatic N) is 2. The molecule has 2 aromatic rings. The van der Waals surface area contributed by atoms with E-state index in [9.17, 15) is 4.39 Å². The van der Waals surface area contributed by atoms with Gasteiger partial charge in [-0.2, -0.15) is 0 Å². The molecule has 0 aliphatic carbocycles. The third kappa shape index (κ3) is 4.60. The molecule has 0 spiro atoms. The van der Waals surface area contributed by atoms with Gasteiger partial charge in [-0.1, -0.05) is 23.7 Å². The lowest BCUT2D eigenvalue weighted by Gasteiger charge is -2.25. The summed E-state index contributed by atoms with van der Waals surface area (Å²) in [7, 11) is 2.05. The third-order valence-corrected chi connectivity index (χ3v) is 5.64. The minimum atomic E-state index is -0.382. The molecule has 27 heavy (non-hydrogen) atoms. The molecule has 2 unspecified atom stereocenters. The van der Waals surface area contributed by atoms with Crippen LogP contribution < -0.4 is 11.1 Å². The number of aliphatic imine (C=N–C) groups is 1. The molecule has 0 aromatic heterocycles. The molecule has 144 valence electrons. The second-order valence-electron chi connectivity index (χ2n) is 7.30. The molecule has 1 heterocycles. The van der Waals surface area contributed by atoms with E-state index in [-0.39, 0.29) is 22.8 Å². The molecular weight excluding hydrogens is 363 g/mol. The number of likely N-dealkylation sites (tertiary alicyclic amines) is 1. The lowest BCUT2D eigenvalue weighted by Crippen LogP contribution is -2.26. The van der Waals surface area contributed by atoms with Gasteiger partial charge in [-0.25, -0.2) is 4.39 Å². The minimum absolute atomic E-state index is 0.106. The fourth-order valence-electron chi connectivity index (χ4n) is 3.66. The monoisotopic (exact) mass is 388 g/mol. The maximum absolute atomic E-state index is 13.9. The SMILES string of the molecule is Cc1ccc(NC(N)=NCC2CCN(C)C2c2ccc(Cl)c(F)c2)cc1C. The Balaban J connectivity index is 1.70. The van der Waals surface area contributed by atoms with Gasteiger partial charge in [0, 0.05) is 18.3 Å². The molecule has 1 fully saturated rings. The van der Waals surface area contributed by atoms with Crippen LogP contribution in [0.4, 0.5) is 10.1 Å². The van der Waals surface area contributed by atoms with Crippen molar-refractivity contribution >= 4 is 23.2 Å². The lowest BCUT2D eigenvalue weighted by atomic mass is 9.94. The summed E-state index contributed by atoms with van der Waals surface area (Å²) in [6, 6.07) is 11.3. The summed E-state index contributed by atoms with van der Waals surface area (Å²) in [6.07, 6.45) is 0.992. The molecule has 0 saturated carbocycles. The largest absolute Gasteiger partial charge is 0.370 e. The molecule has 0 radical (unpaired) electrons. The van der Waals surface area contributed by atoms with Gasteiger partial charge in [0.05, 0.1) is 5.02 Å². The van der Waals surface area contributed by atoms with Crippen LogP contribution >= 0.6 is 11.6 Å². The van der Waals surface area contributed by atoms with Crippen LogP contribution in [0.2, 0.25) is 5.02 Å². The predicted molar refractivity (Wildman–Crippen MR) is 111 cm³/mol. The first-order valence-corrected chi connectivity index (χ1v) is 9.52. The van der Waals surface area contributed by atoms with Gasteiger partial charge in [0.25, 0.3) is 0 Å². The van der Waals surface area contributed by atoms with Crippen LogP contribution in [0.25, 0.3) is 0 Å². The first-order chi connectivity index (χ1) is 12.8. The van der Waals surface area contributed by atoms with Gasteiger partial charge in [0.1, 0.15) is 5.82 Å². The zero-order valence-electron chi connectivity index (χ0n) is 16.0. The Hall–Kier alpha value is -2.11. The topological polar surface area (TPSA) is 53.6 Å². The van der Waals surface area contributed by atoms with E-state index in [2.05, 4.69) is 48.2 Å². The molecular formula is C21H26ClFN4. The number of aryl methyl sites for hydroxylation is 2. The molecule has 2 aromatic carbocycles. The molecule has 2 atom stereocenters. The molecule has 3 rings (SSSR count). The Kier molecular flexibility index (Phi) is 6.02. The van der Waals surface area contributed by atoms with E-state index in [1.807, 2.05) is 12.1 Å². The summed E-state index contributed by atoms with van der Waals surface area (Å²) in [5.74, 6) is 0.289. The summed E-state index contributed by atoms with van der Waals surface area (Å²) in [5, 5.41) is 3.30. The quantitative estimate of drug-likeness (QED) is 0.598. The Bertz CT molecular complexity index is 852. The van der Waals surface area contributed by atoms with Gasteiger partial charge in [0.2, 0.25) is 0 Å². The minimum Gasteiger partial charge on any atom is -0.370 e. The number of anilines is 1. The van der Waals surface area contributed by atoms with E-state index in [1.165, 1.54) is 17.2 Å². The molecule has 0 amide bonds. The average molecular weight is 389 g/mol. The average Bonchev–Trinajstić information content (AvgIpc) is 2.99. The highest BCUT2D eigenvalue weighted by Gasteiger charge is 2.33. The van der Waals surface area contributed by atoms with Crippen molar-refractivity contribution in [3.63, 3.8) is 0 Å². The summed E-state index contributed by atoms with van der Waals surface area (Å²) in [5.41, 5.74) is 10.4. The third-order valence-electron chi connectivity index (χ3n) is 5.33.